The van der Waals surface area contributed by atoms with Gasteiger partial charge >= 0.3 is 12.1 Å². The fourth-order valence-electron chi connectivity index (χ4n) is 3.16. The number of nitro benzene ring substituents is 1. The second kappa shape index (κ2) is 8.63. The molecule has 33 heavy (non-hydrogen) atoms. The first-order valence-corrected chi connectivity index (χ1v) is 11.6. The first kappa shape index (κ1) is 24.5. The van der Waals surface area contributed by atoms with Gasteiger partial charge in [0.05, 0.1) is 10.7 Å². The van der Waals surface area contributed by atoms with Gasteiger partial charge in [-0.3, -0.25) is 19.8 Å². The molecule has 1 saturated heterocycles. The molecule has 178 valence electrons. The summed E-state index contributed by atoms with van der Waals surface area (Å²) in [7, 11) is -3.97. The number of benzene rings is 1. The Labute approximate surface area is 193 Å². The Bertz CT molecular complexity index is 1150. The lowest BCUT2D eigenvalue weighted by molar-refractivity contribution is -0.384. The van der Waals surface area contributed by atoms with E-state index >= 15 is 0 Å². The van der Waals surface area contributed by atoms with E-state index in [9.17, 15) is 32.9 Å². The molecule has 0 radical (unpaired) electrons. The molecule has 12 nitrogen and oxygen atoms in total. The van der Waals surface area contributed by atoms with Gasteiger partial charge in [0.15, 0.2) is 15.2 Å². The molecule has 1 aromatic rings. The molecule has 0 aliphatic carbocycles. The van der Waals surface area contributed by atoms with Gasteiger partial charge in [0.2, 0.25) is 5.91 Å². The number of carbonyl (C=O) groups is 3. The highest BCUT2D eigenvalue weighted by atomic mass is 35.5. The number of fused-ring (bicyclic) bond motifs is 1. The minimum absolute atomic E-state index is 0.0637. The summed E-state index contributed by atoms with van der Waals surface area (Å²) in [6, 6.07) is 4.55. The van der Waals surface area contributed by atoms with Crippen LogP contribution in [0.15, 0.2) is 35.5 Å². The van der Waals surface area contributed by atoms with E-state index in [0.29, 0.717) is 0 Å². The third kappa shape index (κ3) is 5.09. The van der Waals surface area contributed by atoms with E-state index in [1.54, 1.807) is 20.8 Å². The number of β-lactam (4-membered cyclic amide) rings is 1. The van der Waals surface area contributed by atoms with Crippen molar-refractivity contribution in [2.75, 3.05) is 12.4 Å². The highest BCUT2D eigenvalue weighted by molar-refractivity contribution is 7.92. The summed E-state index contributed by atoms with van der Waals surface area (Å²) in [4.78, 5) is 47.9. The van der Waals surface area contributed by atoms with Crippen molar-refractivity contribution in [3.63, 3.8) is 0 Å². The number of esters is 1. The van der Waals surface area contributed by atoms with Crippen molar-refractivity contribution in [3.05, 3.63) is 45.6 Å². The van der Waals surface area contributed by atoms with E-state index in [1.165, 1.54) is 12.1 Å². The largest absolute Gasteiger partial charge is 0.514 e. The molecule has 2 atom stereocenters. The Balaban J connectivity index is 1.82. The van der Waals surface area contributed by atoms with Crippen LogP contribution in [0.1, 0.15) is 20.8 Å². The average Bonchev–Trinajstić information content (AvgIpc) is 2.69. The van der Waals surface area contributed by atoms with Crippen molar-refractivity contribution in [1.29, 1.82) is 0 Å². The molecule has 1 amide bonds. The molecule has 0 N–H and O–H groups in total. The van der Waals surface area contributed by atoms with Crippen LogP contribution >= 0.6 is 11.6 Å². The van der Waals surface area contributed by atoms with Gasteiger partial charge in [-0.25, -0.2) is 18.0 Å². The number of amides is 1. The maximum absolute atomic E-state index is 12.8. The highest BCUT2D eigenvalue weighted by Gasteiger charge is 2.59. The van der Waals surface area contributed by atoms with Crippen LogP contribution in [0.25, 0.3) is 0 Å². The fraction of sp³-hybridized carbons (Fsp3) is 0.421. The Morgan fingerprint density at radius 1 is 1.24 bits per heavy atom. The maximum atomic E-state index is 12.8. The summed E-state index contributed by atoms with van der Waals surface area (Å²) < 4.78 is 40.3. The molecule has 14 heteroatoms. The Morgan fingerprint density at radius 2 is 1.85 bits per heavy atom. The van der Waals surface area contributed by atoms with E-state index in [2.05, 4.69) is 0 Å². The van der Waals surface area contributed by atoms with Gasteiger partial charge in [-0.2, -0.15) is 0 Å². The van der Waals surface area contributed by atoms with Crippen LogP contribution in [0.5, 0.6) is 5.75 Å². The minimum Gasteiger partial charge on any atom is -0.455 e. The van der Waals surface area contributed by atoms with Crippen LogP contribution in [0, 0.1) is 10.1 Å². The lowest BCUT2D eigenvalue weighted by Gasteiger charge is -2.47. The van der Waals surface area contributed by atoms with E-state index in [4.69, 9.17) is 25.8 Å². The van der Waals surface area contributed by atoms with Crippen molar-refractivity contribution < 1.29 is 41.9 Å². The SMILES string of the molecule is CC(C)(C)OC(=O)C1=C(COC(=O)Oc2ccc([N+](=O)[O-])cc2)CS(=O)(=O)[C@@H]2[C@@H](Cl)C(=O)N12. The second-order valence-corrected chi connectivity index (χ2v) is 10.7. The number of alkyl halides is 1. The summed E-state index contributed by atoms with van der Waals surface area (Å²) in [6.45, 7) is 4.07. The molecule has 0 spiro atoms. The Kier molecular flexibility index (Phi) is 6.40. The number of hydrogen-bond acceptors (Lipinski definition) is 10. The summed E-state index contributed by atoms with van der Waals surface area (Å²) in [5, 5.41) is 7.91. The minimum atomic E-state index is -3.97. The number of sulfone groups is 1. The number of carbonyl (C=O) groups excluding carboxylic acids is 3. The molecular weight excluding hydrogens is 484 g/mol. The van der Waals surface area contributed by atoms with Gasteiger partial charge in [-0.1, -0.05) is 0 Å². The number of halogens is 1. The normalized spacial score (nSPS) is 21.6. The molecule has 0 saturated carbocycles. The third-order valence-electron chi connectivity index (χ3n) is 4.50. The second-order valence-electron chi connectivity index (χ2n) is 8.15. The number of nitro groups is 1. The van der Waals surface area contributed by atoms with Crippen molar-refractivity contribution in [3.8, 4) is 5.75 Å². The zero-order valence-electron chi connectivity index (χ0n) is 17.6. The molecule has 2 heterocycles. The van der Waals surface area contributed by atoms with E-state index in [0.717, 1.165) is 17.0 Å². The third-order valence-corrected chi connectivity index (χ3v) is 7.05. The topological polar surface area (TPSA) is 159 Å². The molecule has 0 bridgehead atoms. The van der Waals surface area contributed by atoms with Gasteiger partial charge in [0, 0.05) is 17.7 Å². The van der Waals surface area contributed by atoms with Gasteiger partial charge in [-0.05, 0) is 32.9 Å². The molecule has 0 unspecified atom stereocenters. The summed E-state index contributed by atoms with van der Waals surface area (Å²) in [5.74, 6) is -2.52. The van der Waals surface area contributed by atoms with Crippen molar-refractivity contribution in [1.82, 2.24) is 4.90 Å². The average molecular weight is 503 g/mol. The fourth-order valence-corrected chi connectivity index (χ4v) is 5.74. The summed E-state index contributed by atoms with van der Waals surface area (Å²) in [5.41, 5.74) is -1.71. The summed E-state index contributed by atoms with van der Waals surface area (Å²) >= 11 is 5.86. The first-order valence-electron chi connectivity index (χ1n) is 9.44. The van der Waals surface area contributed by atoms with Crippen LogP contribution in [-0.4, -0.2) is 65.0 Å². The molecule has 2 aliphatic heterocycles. The molecule has 3 rings (SSSR count). The molecular formula is C19H19ClN2O10S. The number of nitrogens with zero attached hydrogens (tertiary/aromatic N) is 2. The summed E-state index contributed by atoms with van der Waals surface area (Å²) in [6.07, 6.45) is -1.26. The van der Waals surface area contributed by atoms with E-state index in [-0.39, 0.29) is 22.7 Å². The lowest BCUT2D eigenvalue weighted by Crippen LogP contribution is -2.68. The number of hydrogen-bond donors (Lipinski definition) is 0. The highest BCUT2D eigenvalue weighted by Crippen LogP contribution is 2.40. The van der Waals surface area contributed by atoms with Crippen LogP contribution in [0.3, 0.4) is 0 Å². The van der Waals surface area contributed by atoms with Gasteiger partial charge in [0.25, 0.3) is 5.69 Å². The van der Waals surface area contributed by atoms with E-state index in [1.807, 2.05) is 0 Å². The maximum Gasteiger partial charge on any atom is 0.514 e. The Hall–Kier alpha value is -3.19. The molecule has 1 aromatic carbocycles. The van der Waals surface area contributed by atoms with E-state index < -0.39 is 61.5 Å². The molecule has 0 aromatic heterocycles. The first-order chi connectivity index (χ1) is 15.2. The standard InChI is InChI=1S/C19H19ClN2O10S/c1-19(2,3)32-17(24)14-10(9-33(28,29)16-13(20)15(23)21(14)16)8-30-18(25)31-12-6-4-11(5-7-12)22(26)27/h4-7,13,16H,8-9H2,1-3H3/t13-,16+/m0/s1. The quantitative estimate of drug-likeness (QED) is 0.145. The van der Waals surface area contributed by atoms with Crippen LogP contribution in [-0.2, 0) is 28.9 Å². The number of rotatable bonds is 5. The van der Waals surface area contributed by atoms with Crippen LogP contribution in [0.2, 0.25) is 0 Å². The van der Waals surface area contributed by atoms with Crippen molar-refractivity contribution >= 4 is 45.2 Å². The number of non-ortho nitro benzene ring substituents is 1. The lowest BCUT2D eigenvalue weighted by atomic mass is 10.1. The predicted molar refractivity (Wildman–Crippen MR) is 112 cm³/mol. The van der Waals surface area contributed by atoms with Crippen molar-refractivity contribution in [2.24, 2.45) is 0 Å². The van der Waals surface area contributed by atoms with Gasteiger partial charge in [-0.15, -0.1) is 11.6 Å². The smallest absolute Gasteiger partial charge is 0.455 e. The van der Waals surface area contributed by atoms with Crippen LogP contribution < -0.4 is 4.74 Å². The van der Waals surface area contributed by atoms with Crippen molar-refractivity contribution in [2.45, 2.75) is 37.1 Å². The zero-order chi connectivity index (χ0) is 24.7. The number of ether oxygens (including phenoxy) is 3. The predicted octanol–water partition coefficient (Wildman–Crippen LogP) is 1.91. The molecule has 2 aliphatic rings. The zero-order valence-corrected chi connectivity index (χ0v) is 19.2. The van der Waals surface area contributed by atoms with Crippen LogP contribution in [0.4, 0.5) is 10.5 Å². The molecule has 1 fully saturated rings. The monoisotopic (exact) mass is 502 g/mol. The van der Waals surface area contributed by atoms with Gasteiger partial charge in [0.1, 0.15) is 29.0 Å². The Morgan fingerprint density at radius 3 is 2.39 bits per heavy atom. The van der Waals surface area contributed by atoms with Gasteiger partial charge < -0.3 is 14.2 Å².